The summed E-state index contributed by atoms with van der Waals surface area (Å²) in [5.41, 5.74) is -1.49. The second kappa shape index (κ2) is 4.93. The van der Waals surface area contributed by atoms with Gasteiger partial charge in [0.2, 0.25) is 0 Å². The highest BCUT2D eigenvalue weighted by molar-refractivity contribution is 9.10. The Labute approximate surface area is 116 Å². The molecule has 0 atom stereocenters. The van der Waals surface area contributed by atoms with Crippen molar-refractivity contribution < 1.29 is 26.7 Å². The van der Waals surface area contributed by atoms with Crippen LogP contribution >= 0.6 is 15.9 Å². The molecule has 0 aliphatic rings. The Morgan fingerprint density at radius 1 is 1.20 bits per heavy atom. The molecular weight excluding hydrogens is 353 g/mol. The third-order valence-electron chi connectivity index (χ3n) is 2.22. The number of halogens is 6. The highest BCUT2D eigenvalue weighted by Gasteiger charge is 2.41. The van der Waals surface area contributed by atoms with Crippen molar-refractivity contribution in [3.8, 4) is 5.69 Å². The van der Waals surface area contributed by atoms with Crippen LogP contribution in [-0.4, -0.2) is 27.0 Å². The molecule has 0 bridgehead atoms. The molecular formula is C10H3BrF5N3O. The van der Waals surface area contributed by atoms with E-state index in [-0.39, 0.29) is 4.47 Å². The number of Topliss-reactive ketones (excluding diaryl/α,β-unsaturated/α-hetero) is 1. The van der Waals surface area contributed by atoms with E-state index in [9.17, 15) is 26.7 Å². The van der Waals surface area contributed by atoms with Gasteiger partial charge in [0, 0.05) is 6.07 Å². The van der Waals surface area contributed by atoms with E-state index in [1.54, 1.807) is 0 Å². The Morgan fingerprint density at radius 3 is 2.45 bits per heavy atom. The van der Waals surface area contributed by atoms with Gasteiger partial charge < -0.3 is 0 Å². The van der Waals surface area contributed by atoms with E-state index >= 15 is 0 Å². The van der Waals surface area contributed by atoms with Crippen molar-refractivity contribution in [3.05, 3.63) is 40.1 Å². The Balaban J connectivity index is 2.44. The Morgan fingerprint density at radius 2 is 1.85 bits per heavy atom. The van der Waals surface area contributed by atoms with E-state index in [2.05, 4.69) is 26.2 Å². The number of benzene rings is 1. The van der Waals surface area contributed by atoms with Crippen LogP contribution in [0.15, 0.2) is 22.8 Å². The highest BCUT2D eigenvalue weighted by atomic mass is 79.9. The van der Waals surface area contributed by atoms with Gasteiger partial charge in [0.1, 0.15) is 17.3 Å². The van der Waals surface area contributed by atoms with E-state index in [1.807, 2.05) is 0 Å². The van der Waals surface area contributed by atoms with Gasteiger partial charge in [-0.2, -0.15) is 13.2 Å². The first-order valence-electron chi connectivity index (χ1n) is 4.89. The number of nitrogens with zero attached hydrogens (tertiary/aromatic N) is 3. The summed E-state index contributed by atoms with van der Waals surface area (Å²) in [6.07, 6.45) is -4.55. The normalized spacial score (nSPS) is 11.7. The van der Waals surface area contributed by atoms with Crippen LogP contribution < -0.4 is 0 Å². The van der Waals surface area contributed by atoms with Crippen LogP contribution in [0.3, 0.4) is 0 Å². The van der Waals surface area contributed by atoms with Crippen molar-refractivity contribution in [2.45, 2.75) is 6.18 Å². The molecule has 2 aromatic rings. The van der Waals surface area contributed by atoms with Gasteiger partial charge >= 0.3 is 6.18 Å². The van der Waals surface area contributed by atoms with Gasteiger partial charge in [-0.1, -0.05) is 5.21 Å². The Bertz CT molecular complexity index is 682. The predicted octanol–water partition coefficient (Wildman–Crippen LogP) is 3.05. The monoisotopic (exact) mass is 355 g/mol. The number of hydrogen-bond donors (Lipinski definition) is 0. The maximum Gasteiger partial charge on any atom is 0.456 e. The molecule has 10 heteroatoms. The second-order valence-electron chi connectivity index (χ2n) is 3.59. The third kappa shape index (κ3) is 2.69. The zero-order valence-electron chi connectivity index (χ0n) is 9.25. The number of rotatable bonds is 2. The number of hydrogen-bond acceptors (Lipinski definition) is 3. The first-order valence-corrected chi connectivity index (χ1v) is 5.68. The van der Waals surface area contributed by atoms with E-state index in [4.69, 9.17) is 0 Å². The second-order valence-corrected chi connectivity index (χ2v) is 4.45. The zero-order valence-corrected chi connectivity index (χ0v) is 10.8. The number of carbonyl (C=O) groups excluding carboxylic acids is 1. The molecule has 0 saturated heterocycles. The van der Waals surface area contributed by atoms with Crippen molar-refractivity contribution in [2.24, 2.45) is 0 Å². The molecule has 0 amide bonds. The van der Waals surface area contributed by atoms with Crippen LogP contribution in [0.2, 0.25) is 0 Å². The summed E-state index contributed by atoms with van der Waals surface area (Å²) in [6, 6.07) is 1.48. The minimum Gasteiger partial charge on any atom is -0.282 e. The summed E-state index contributed by atoms with van der Waals surface area (Å²) in [4.78, 5) is 10.9. The van der Waals surface area contributed by atoms with E-state index in [0.717, 1.165) is 6.07 Å². The summed E-state index contributed by atoms with van der Waals surface area (Å²) in [5.74, 6) is -4.02. The number of aromatic nitrogens is 3. The highest BCUT2D eigenvalue weighted by Crippen LogP contribution is 2.24. The summed E-state index contributed by atoms with van der Waals surface area (Å²) in [7, 11) is 0. The minimum atomic E-state index is -5.12. The standard InChI is InChI=1S/C10H3BrF5N3O/c11-4-1-6(13)8(2-5(4)12)19-3-7(17-18-19)9(20)10(14,15)16/h1-3H. The van der Waals surface area contributed by atoms with E-state index in [1.165, 1.54) is 0 Å². The fourth-order valence-electron chi connectivity index (χ4n) is 1.32. The first-order chi connectivity index (χ1) is 9.20. The topological polar surface area (TPSA) is 47.8 Å². The molecule has 0 unspecified atom stereocenters. The van der Waals surface area contributed by atoms with Crippen LogP contribution in [-0.2, 0) is 0 Å². The molecule has 0 aliphatic carbocycles. The van der Waals surface area contributed by atoms with Crippen LogP contribution in [0.25, 0.3) is 5.69 Å². The smallest absolute Gasteiger partial charge is 0.282 e. The van der Waals surface area contributed by atoms with Crippen molar-refractivity contribution in [1.29, 1.82) is 0 Å². The van der Waals surface area contributed by atoms with E-state index in [0.29, 0.717) is 16.9 Å². The van der Waals surface area contributed by atoms with Gasteiger partial charge in [-0.25, -0.2) is 13.5 Å². The molecule has 4 nitrogen and oxygen atoms in total. The first kappa shape index (κ1) is 14.6. The molecule has 0 aliphatic heterocycles. The lowest BCUT2D eigenvalue weighted by Gasteiger charge is -2.03. The Hall–Kier alpha value is -1.84. The lowest BCUT2D eigenvalue weighted by Crippen LogP contribution is -2.23. The number of ketones is 1. The minimum absolute atomic E-state index is 0.162. The van der Waals surface area contributed by atoms with Crippen molar-refractivity contribution in [1.82, 2.24) is 15.0 Å². The molecule has 0 spiro atoms. The van der Waals surface area contributed by atoms with Crippen LogP contribution in [0.1, 0.15) is 10.5 Å². The lowest BCUT2D eigenvalue weighted by molar-refractivity contribution is -0.0888. The average molecular weight is 356 g/mol. The van der Waals surface area contributed by atoms with Crippen LogP contribution in [0, 0.1) is 11.6 Å². The summed E-state index contributed by atoms with van der Waals surface area (Å²) >= 11 is 2.74. The number of alkyl halides is 3. The molecule has 20 heavy (non-hydrogen) atoms. The van der Waals surface area contributed by atoms with E-state index < -0.39 is 35.0 Å². The van der Waals surface area contributed by atoms with Gasteiger partial charge in [0.15, 0.2) is 5.69 Å². The molecule has 1 heterocycles. The molecule has 106 valence electrons. The lowest BCUT2D eigenvalue weighted by atomic mass is 10.3. The van der Waals surface area contributed by atoms with Crippen molar-refractivity contribution in [3.63, 3.8) is 0 Å². The molecule has 0 N–H and O–H groups in total. The molecule has 0 fully saturated rings. The quantitative estimate of drug-likeness (QED) is 0.472. The van der Waals surface area contributed by atoms with Gasteiger partial charge in [0.05, 0.1) is 10.7 Å². The van der Waals surface area contributed by atoms with Crippen molar-refractivity contribution in [2.75, 3.05) is 0 Å². The maximum absolute atomic E-state index is 13.6. The average Bonchev–Trinajstić information content (AvgIpc) is 2.80. The van der Waals surface area contributed by atoms with Gasteiger partial charge in [-0.15, -0.1) is 5.10 Å². The fourth-order valence-corrected chi connectivity index (χ4v) is 1.63. The van der Waals surface area contributed by atoms with Crippen molar-refractivity contribution >= 4 is 21.7 Å². The zero-order chi connectivity index (χ0) is 15.1. The summed E-state index contributed by atoms with van der Waals surface area (Å²) in [5, 5.41) is 6.17. The molecule has 1 aromatic heterocycles. The summed E-state index contributed by atoms with van der Waals surface area (Å²) in [6.45, 7) is 0. The fraction of sp³-hybridized carbons (Fsp3) is 0.100. The van der Waals surface area contributed by atoms with Gasteiger partial charge in [-0.05, 0) is 22.0 Å². The summed E-state index contributed by atoms with van der Waals surface area (Å²) < 4.78 is 63.8. The molecule has 0 saturated carbocycles. The SMILES string of the molecule is O=C(c1cn(-c2cc(F)c(Br)cc2F)nn1)C(F)(F)F. The predicted molar refractivity (Wildman–Crippen MR) is 59.4 cm³/mol. The largest absolute Gasteiger partial charge is 0.456 e. The third-order valence-corrected chi connectivity index (χ3v) is 2.83. The molecule has 2 rings (SSSR count). The molecule has 1 aromatic carbocycles. The van der Waals surface area contributed by atoms with Crippen LogP contribution in [0.4, 0.5) is 22.0 Å². The number of carbonyl (C=O) groups is 1. The van der Waals surface area contributed by atoms with Gasteiger partial charge in [0.25, 0.3) is 5.78 Å². The Kier molecular flexibility index (Phi) is 3.59. The van der Waals surface area contributed by atoms with Gasteiger partial charge in [-0.3, -0.25) is 4.79 Å². The van der Waals surface area contributed by atoms with Crippen LogP contribution in [0.5, 0.6) is 0 Å². The maximum atomic E-state index is 13.6. The molecule has 0 radical (unpaired) electrons.